The zero-order valence-corrected chi connectivity index (χ0v) is 12.8. The van der Waals surface area contributed by atoms with Gasteiger partial charge in [-0.15, -0.1) is 0 Å². The van der Waals surface area contributed by atoms with Gasteiger partial charge in [0.15, 0.2) is 0 Å². The Hall–Kier alpha value is -2.41. The number of rotatable bonds is 3. The average molecular weight is 312 g/mol. The number of fused-ring (bicyclic) bond motifs is 1. The number of pyridine rings is 1. The highest BCUT2D eigenvalue weighted by Crippen LogP contribution is 2.41. The maximum absolute atomic E-state index is 9.40. The van der Waals surface area contributed by atoms with Crippen LogP contribution < -0.4 is 16.0 Å². The monoisotopic (exact) mass is 312 g/mol. The predicted octanol–water partition coefficient (Wildman–Crippen LogP) is 0.830. The number of hydrogen-bond acceptors (Lipinski definition) is 7. The summed E-state index contributed by atoms with van der Waals surface area (Å²) < 4.78 is 0. The van der Waals surface area contributed by atoms with Crippen molar-refractivity contribution in [3.8, 4) is 0 Å². The minimum Gasteiger partial charge on any atom is -0.396 e. The van der Waals surface area contributed by atoms with Crippen molar-refractivity contribution < 1.29 is 5.11 Å². The molecule has 7 heteroatoms. The van der Waals surface area contributed by atoms with Crippen LogP contribution in [0.5, 0.6) is 0 Å². The number of anilines is 3. The number of aromatic nitrogens is 3. The van der Waals surface area contributed by atoms with Gasteiger partial charge in [-0.3, -0.25) is 0 Å². The molecule has 7 nitrogen and oxygen atoms in total. The molecule has 120 valence electrons. The Kier molecular flexibility index (Phi) is 3.49. The molecular formula is C16H20N6O. The van der Waals surface area contributed by atoms with E-state index in [0.717, 1.165) is 37.6 Å². The normalized spacial score (nSPS) is 22.9. The van der Waals surface area contributed by atoms with Gasteiger partial charge in [0.1, 0.15) is 5.82 Å². The molecule has 4 rings (SSSR count). The van der Waals surface area contributed by atoms with E-state index in [0.29, 0.717) is 11.9 Å². The fraction of sp³-hybridized carbons (Fsp3) is 0.438. The lowest BCUT2D eigenvalue weighted by Gasteiger charge is -2.23. The zero-order valence-electron chi connectivity index (χ0n) is 12.8. The van der Waals surface area contributed by atoms with Gasteiger partial charge in [-0.2, -0.15) is 0 Å². The third kappa shape index (κ3) is 2.46. The van der Waals surface area contributed by atoms with Crippen LogP contribution in [0.2, 0.25) is 0 Å². The van der Waals surface area contributed by atoms with Gasteiger partial charge in [0.25, 0.3) is 0 Å². The van der Waals surface area contributed by atoms with Crippen LogP contribution in [0.1, 0.15) is 23.6 Å². The van der Waals surface area contributed by atoms with E-state index in [1.54, 1.807) is 6.20 Å². The number of nitrogens with zero attached hydrogens (tertiary/aromatic N) is 4. The van der Waals surface area contributed by atoms with Crippen molar-refractivity contribution in [2.75, 3.05) is 42.2 Å². The van der Waals surface area contributed by atoms with Crippen LogP contribution >= 0.6 is 0 Å². The first-order chi connectivity index (χ1) is 11.3. The van der Waals surface area contributed by atoms with Crippen molar-refractivity contribution in [3.05, 3.63) is 35.8 Å². The molecule has 0 amide bonds. The molecule has 4 N–H and O–H groups in total. The quantitative estimate of drug-likeness (QED) is 0.772. The van der Waals surface area contributed by atoms with E-state index in [-0.39, 0.29) is 12.5 Å². The minimum atomic E-state index is 0.118. The van der Waals surface area contributed by atoms with Crippen molar-refractivity contribution >= 4 is 17.5 Å². The molecule has 2 aromatic heterocycles. The fourth-order valence-electron chi connectivity index (χ4n) is 3.56. The van der Waals surface area contributed by atoms with E-state index in [2.05, 4.69) is 31.2 Å². The van der Waals surface area contributed by atoms with Gasteiger partial charge >= 0.3 is 0 Å². The number of nitrogens with one attached hydrogen (secondary N) is 1. The van der Waals surface area contributed by atoms with Crippen LogP contribution in [0.3, 0.4) is 0 Å². The predicted molar refractivity (Wildman–Crippen MR) is 88.4 cm³/mol. The molecular weight excluding hydrogens is 292 g/mol. The summed E-state index contributed by atoms with van der Waals surface area (Å²) in [4.78, 5) is 15.2. The van der Waals surface area contributed by atoms with Crippen molar-refractivity contribution in [1.82, 2.24) is 15.0 Å². The van der Waals surface area contributed by atoms with Crippen LogP contribution in [-0.4, -0.2) is 46.3 Å². The summed E-state index contributed by atoms with van der Waals surface area (Å²) in [6.45, 7) is 2.84. The second-order valence-electron chi connectivity index (χ2n) is 6.15. The molecule has 1 saturated heterocycles. The van der Waals surface area contributed by atoms with Crippen molar-refractivity contribution in [2.45, 2.75) is 12.3 Å². The number of nitrogens with two attached hydrogens (primary N) is 1. The lowest BCUT2D eigenvalue weighted by Crippen LogP contribution is -2.22. The van der Waals surface area contributed by atoms with Gasteiger partial charge in [-0.05, 0) is 18.6 Å². The van der Waals surface area contributed by atoms with Crippen LogP contribution in [0.4, 0.5) is 17.5 Å². The molecule has 4 heterocycles. The van der Waals surface area contributed by atoms with Gasteiger partial charge in [0, 0.05) is 61.7 Å². The second kappa shape index (κ2) is 5.66. The number of aliphatic hydroxyl groups excluding tert-OH is 1. The largest absolute Gasteiger partial charge is 0.396 e. The highest BCUT2D eigenvalue weighted by Gasteiger charge is 2.32. The molecule has 0 saturated carbocycles. The van der Waals surface area contributed by atoms with E-state index in [9.17, 15) is 5.11 Å². The summed E-state index contributed by atoms with van der Waals surface area (Å²) >= 11 is 0. The Balaban J connectivity index is 1.73. The Morgan fingerprint density at radius 1 is 1.30 bits per heavy atom. The summed E-state index contributed by atoms with van der Waals surface area (Å²) in [7, 11) is 0. The SMILES string of the molecule is Nc1nccc(C2CNc3nccc(N4CC[C@@H](CO)C4)c32)n1. The fourth-order valence-corrected chi connectivity index (χ4v) is 3.56. The molecule has 2 aliphatic heterocycles. The van der Waals surface area contributed by atoms with Crippen LogP contribution in [0.15, 0.2) is 24.5 Å². The number of hydrogen-bond donors (Lipinski definition) is 3. The van der Waals surface area contributed by atoms with E-state index in [1.807, 2.05) is 12.3 Å². The maximum atomic E-state index is 9.40. The summed E-state index contributed by atoms with van der Waals surface area (Å²) in [5.41, 5.74) is 9.01. The van der Waals surface area contributed by atoms with E-state index in [1.165, 1.54) is 11.3 Å². The smallest absolute Gasteiger partial charge is 0.220 e. The van der Waals surface area contributed by atoms with E-state index in [4.69, 9.17) is 5.73 Å². The first kappa shape index (κ1) is 14.2. The Bertz CT molecular complexity index is 721. The standard InChI is InChI=1S/C16H20N6O/c17-16-19-4-1-12(21-16)11-7-20-15-14(11)13(2-5-18-15)22-6-3-10(8-22)9-23/h1-2,4-5,10-11,23H,3,6-9H2,(H,18,20)(H2,17,19,21)/t10-,11?/m1/s1. The van der Waals surface area contributed by atoms with Crippen molar-refractivity contribution in [1.29, 1.82) is 0 Å². The highest BCUT2D eigenvalue weighted by molar-refractivity contribution is 5.69. The van der Waals surface area contributed by atoms with Gasteiger partial charge in [0.05, 0.1) is 5.69 Å². The van der Waals surface area contributed by atoms with Gasteiger partial charge in [-0.25, -0.2) is 15.0 Å². The van der Waals surface area contributed by atoms with Crippen LogP contribution in [0, 0.1) is 5.92 Å². The van der Waals surface area contributed by atoms with Crippen molar-refractivity contribution in [3.63, 3.8) is 0 Å². The Labute approximate surface area is 134 Å². The topological polar surface area (TPSA) is 100 Å². The van der Waals surface area contributed by atoms with Gasteiger partial charge in [-0.1, -0.05) is 0 Å². The summed E-state index contributed by atoms with van der Waals surface area (Å²) in [6.07, 6.45) is 4.56. The van der Waals surface area contributed by atoms with Crippen molar-refractivity contribution in [2.24, 2.45) is 5.92 Å². The number of nitrogen functional groups attached to an aromatic ring is 1. The van der Waals surface area contributed by atoms with E-state index < -0.39 is 0 Å². The van der Waals surface area contributed by atoms with Crippen LogP contribution in [-0.2, 0) is 0 Å². The molecule has 0 aromatic carbocycles. The highest BCUT2D eigenvalue weighted by atomic mass is 16.3. The molecule has 1 fully saturated rings. The summed E-state index contributed by atoms with van der Waals surface area (Å²) in [5.74, 6) is 1.67. The molecule has 1 unspecified atom stereocenters. The third-order valence-electron chi connectivity index (χ3n) is 4.73. The molecule has 2 atom stereocenters. The van der Waals surface area contributed by atoms with Gasteiger partial charge < -0.3 is 21.1 Å². The second-order valence-corrected chi connectivity index (χ2v) is 6.15. The Morgan fingerprint density at radius 2 is 2.17 bits per heavy atom. The molecule has 0 aliphatic carbocycles. The maximum Gasteiger partial charge on any atom is 0.220 e. The number of aliphatic hydroxyl groups is 1. The first-order valence-corrected chi connectivity index (χ1v) is 7.93. The average Bonchev–Trinajstić information content (AvgIpc) is 3.21. The van der Waals surface area contributed by atoms with Gasteiger partial charge in [0.2, 0.25) is 5.95 Å². The molecule has 2 aromatic rings. The zero-order chi connectivity index (χ0) is 15.8. The lowest BCUT2D eigenvalue weighted by molar-refractivity contribution is 0.238. The summed E-state index contributed by atoms with van der Waals surface area (Å²) in [6, 6.07) is 3.97. The lowest BCUT2D eigenvalue weighted by atomic mass is 9.97. The summed E-state index contributed by atoms with van der Waals surface area (Å²) in [5, 5.41) is 12.8. The molecule has 0 bridgehead atoms. The first-order valence-electron chi connectivity index (χ1n) is 7.93. The van der Waals surface area contributed by atoms with Crippen LogP contribution in [0.25, 0.3) is 0 Å². The molecule has 0 spiro atoms. The Morgan fingerprint density at radius 3 is 2.96 bits per heavy atom. The third-order valence-corrected chi connectivity index (χ3v) is 4.73. The van der Waals surface area contributed by atoms with E-state index >= 15 is 0 Å². The molecule has 23 heavy (non-hydrogen) atoms. The minimum absolute atomic E-state index is 0.118. The molecule has 0 radical (unpaired) electrons. The molecule has 2 aliphatic rings.